The van der Waals surface area contributed by atoms with Crippen LogP contribution < -0.4 is 4.90 Å². The van der Waals surface area contributed by atoms with Crippen LogP contribution in [0.3, 0.4) is 0 Å². The number of hydrogen-bond donors (Lipinski definition) is 0. The molecule has 0 aliphatic carbocycles. The van der Waals surface area contributed by atoms with Gasteiger partial charge in [0.2, 0.25) is 0 Å². The van der Waals surface area contributed by atoms with Crippen molar-refractivity contribution in [1.82, 2.24) is 4.90 Å². The molecular formula is C21H26N2O. The monoisotopic (exact) mass is 322 g/mol. The highest BCUT2D eigenvalue weighted by Gasteiger charge is 2.20. The summed E-state index contributed by atoms with van der Waals surface area (Å²) < 4.78 is 0. The van der Waals surface area contributed by atoms with Crippen LogP contribution in [0.1, 0.15) is 27.0 Å². The van der Waals surface area contributed by atoms with Crippen molar-refractivity contribution in [1.29, 1.82) is 0 Å². The van der Waals surface area contributed by atoms with Gasteiger partial charge in [0, 0.05) is 37.4 Å². The van der Waals surface area contributed by atoms with Crippen LogP contribution in [0.5, 0.6) is 0 Å². The average molecular weight is 322 g/mol. The van der Waals surface area contributed by atoms with Crippen LogP contribution in [-0.2, 0) is 0 Å². The number of carbonyl (C=O) groups is 1. The first-order valence-corrected chi connectivity index (χ1v) is 8.67. The van der Waals surface area contributed by atoms with E-state index in [1.807, 2.05) is 19.1 Å². The van der Waals surface area contributed by atoms with Crippen molar-refractivity contribution in [2.24, 2.45) is 0 Å². The van der Waals surface area contributed by atoms with Gasteiger partial charge in [-0.05, 0) is 38.5 Å². The normalized spacial score (nSPS) is 15.5. The summed E-state index contributed by atoms with van der Waals surface area (Å²) >= 11 is 0. The van der Waals surface area contributed by atoms with Gasteiger partial charge in [0.15, 0.2) is 5.78 Å². The van der Waals surface area contributed by atoms with Gasteiger partial charge in [-0.15, -0.1) is 0 Å². The van der Waals surface area contributed by atoms with Crippen LogP contribution in [0.15, 0.2) is 42.5 Å². The van der Waals surface area contributed by atoms with Gasteiger partial charge in [-0.2, -0.15) is 0 Å². The Bertz CT molecular complexity index is 713. The molecule has 1 fully saturated rings. The van der Waals surface area contributed by atoms with E-state index < -0.39 is 0 Å². The van der Waals surface area contributed by atoms with Gasteiger partial charge in [-0.3, -0.25) is 9.69 Å². The maximum atomic E-state index is 12.6. The van der Waals surface area contributed by atoms with Crippen molar-refractivity contribution < 1.29 is 4.79 Å². The molecule has 3 rings (SSSR count). The predicted molar refractivity (Wildman–Crippen MR) is 100 cm³/mol. The molecule has 0 aromatic heterocycles. The summed E-state index contributed by atoms with van der Waals surface area (Å²) in [5.74, 6) is 0.233. The van der Waals surface area contributed by atoms with Gasteiger partial charge < -0.3 is 4.90 Å². The smallest absolute Gasteiger partial charge is 0.177 e. The fraction of sp³-hybridized carbons (Fsp3) is 0.381. The molecule has 0 radical (unpaired) electrons. The number of aryl methyl sites for hydroxylation is 3. The lowest BCUT2D eigenvalue weighted by Gasteiger charge is -2.35. The van der Waals surface area contributed by atoms with Crippen molar-refractivity contribution in [3.8, 4) is 0 Å². The quantitative estimate of drug-likeness (QED) is 0.803. The minimum atomic E-state index is 0.233. The van der Waals surface area contributed by atoms with E-state index in [9.17, 15) is 4.79 Å². The SMILES string of the molecule is Cc1ccc(N2CCN(CC(=O)c3ccc(C)cc3C)CC2)cc1. The average Bonchev–Trinajstić information content (AvgIpc) is 2.56. The molecule has 2 aromatic carbocycles. The number of hydrogen-bond acceptors (Lipinski definition) is 3. The number of rotatable bonds is 4. The van der Waals surface area contributed by atoms with Gasteiger partial charge in [0.25, 0.3) is 0 Å². The molecule has 126 valence electrons. The number of carbonyl (C=O) groups excluding carboxylic acids is 1. The first-order valence-electron chi connectivity index (χ1n) is 8.67. The maximum absolute atomic E-state index is 12.6. The standard InChI is InChI=1S/C21H26N2O/c1-16-4-7-19(8-5-16)23-12-10-22(11-13-23)15-21(24)20-9-6-17(2)14-18(20)3/h4-9,14H,10-13,15H2,1-3H3. The first kappa shape index (κ1) is 16.7. The molecule has 1 heterocycles. The summed E-state index contributed by atoms with van der Waals surface area (Å²) in [6, 6.07) is 14.8. The van der Waals surface area contributed by atoms with E-state index in [-0.39, 0.29) is 5.78 Å². The fourth-order valence-electron chi connectivity index (χ4n) is 3.33. The van der Waals surface area contributed by atoms with E-state index in [0.29, 0.717) is 6.54 Å². The van der Waals surface area contributed by atoms with Crippen molar-refractivity contribution in [3.05, 3.63) is 64.7 Å². The minimum absolute atomic E-state index is 0.233. The second-order valence-electron chi connectivity index (χ2n) is 6.84. The number of ketones is 1. The molecule has 1 saturated heterocycles. The molecule has 0 atom stereocenters. The summed E-state index contributed by atoms with van der Waals surface area (Å²) in [5, 5.41) is 0. The Hall–Kier alpha value is -2.13. The third-order valence-corrected chi connectivity index (χ3v) is 4.82. The van der Waals surface area contributed by atoms with E-state index in [4.69, 9.17) is 0 Å². The number of benzene rings is 2. The molecule has 24 heavy (non-hydrogen) atoms. The summed E-state index contributed by atoms with van der Waals surface area (Å²) in [4.78, 5) is 17.2. The summed E-state index contributed by atoms with van der Waals surface area (Å²) in [7, 11) is 0. The Balaban J connectivity index is 1.57. The summed E-state index contributed by atoms with van der Waals surface area (Å²) in [5.41, 5.74) is 5.72. The molecule has 0 N–H and O–H groups in total. The van der Waals surface area contributed by atoms with E-state index in [1.54, 1.807) is 0 Å². The first-order chi connectivity index (χ1) is 11.5. The van der Waals surface area contributed by atoms with Crippen LogP contribution in [0.2, 0.25) is 0 Å². The number of piperazine rings is 1. The Morgan fingerprint density at radius 3 is 2.12 bits per heavy atom. The highest BCUT2D eigenvalue weighted by Crippen LogP contribution is 2.18. The third kappa shape index (κ3) is 3.85. The second kappa shape index (κ2) is 7.18. The van der Waals surface area contributed by atoms with Crippen LogP contribution in [0.25, 0.3) is 0 Å². The van der Waals surface area contributed by atoms with Crippen molar-refractivity contribution in [2.75, 3.05) is 37.6 Å². The lowest BCUT2D eigenvalue weighted by Crippen LogP contribution is -2.48. The highest BCUT2D eigenvalue weighted by molar-refractivity contribution is 5.99. The summed E-state index contributed by atoms with van der Waals surface area (Å²) in [6.45, 7) is 10.5. The van der Waals surface area contributed by atoms with Gasteiger partial charge in [0.05, 0.1) is 6.54 Å². The van der Waals surface area contributed by atoms with Crippen LogP contribution in [0, 0.1) is 20.8 Å². The van der Waals surface area contributed by atoms with Gasteiger partial charge in [-0.1, -0.05) is 41.5 Å². The Kier molecular flexibility index (Phi) is 5.00. The Labute approximate surface area is 144 Å². The largest absolute Gasteiger partial charge is 0.369 e. The molecule has 0 saturated carbocycles. The molecule has 1 aliphatic heterocycles. The highest BCUT2D eigenvalue weighted by atomic mass is 16.1. The molecular weight excluding hydrogens is 296 g/mol. The molecule has 3 nitrogen and oxygen atoms in total. The Morgan fingerprint density at radius 1 is 0.875 bits per heavy atom. The van der Waals surface area contributed by atoms with E-state index in [2.05, 4.69) is 54.0 Å². The molecule has 0 amide bonds. The summed E-state index contributed by atoms with van der Waals surface area (Å²) in [6.07, 6.45) is 0. The van der Waals surface area contributed by atoms with Crippen molar-refractivity contribution in [2.45, 2.75) is 20.8 Å². The predicted octanol–water partition coefficient (Wildman–Crippen LogP) is 3.62. The van der Waals surface area contributed by atoms with Gasteiger partial charge >= 0.3 is 0 Å². The van der Waals surface area contributed by atoms with E-state index in [0.717, 1.165) is 37.3 Å². The molecule has 2 aromatic rings. The van der Waals surface area contributed by atoms with E-state index >= 15 is 0 Å². The topological polar surface area (TPSA) is 23.6 Å². The van der Waals surface area contributed by atoms with Crippen molar-refractivity contribution >= 4 is 11.5 Å². The van der Waals surface area contributed by atoms with Gasteiger partial charge in [0.1, 0.15) is 0 Å². The molecule has 1 aliphatic rings. The zero-order valence-corrected chi connectivity index (χ0v) is 14.9. The molecule has 0 spiro atoms. The third-order valence-electron chi connectivity index (χ3n) is 4.82. The fourth-order valence-corrected chi connectivity index (χ4v) is 3.33. The molecule has 3 heteroatoms. The van der Waals surface area contributed by atoms with Gasteiger partial charge in [-0.25, -0.2) is 0 Å². The zero-order chi connectivity index (χ0) is 17.1. The Morgan fingerprint density at radius 2 is 1.50 bits per heavy atom. The van der Waals surface area contributed by atoms with Crippen LogP contribution in [0.4, 0.5) is 5.69 Å². The van der Waals surface area contributed by atoms with E-state index in [1.165, 1.54) is 16.8 Å². The van der Waals surface area contributed by atoms with Crippen LogP contribution in [-0.4, -0.2) is 43.4 Å². The van der Waals surface area contributed by atoms with Crippen molar-refractivity contribution in [3.63, 3.8) is 0 Å². The lowest BCUT2D eigenvalue weighted by molar-refractivity contribution is 0.0926. The van der Waals surface area contributed by atoms with Crippen LogP contribution >= 0.6 is 0 Å². The number of Topliss-reactive ketones (excluding diaryl/α,β-unsaturated/α-hetero) is 1. The molecule has 0 bridgehead atoms. The minimum Gasteiger partial charge on any atom is -0.369 e. The second-order valence-corrected chi connectivity index (χ2v) is 6.84. The number of nitrogens with zero attached hydrogens (tertiary/aromatic N) is 2. The molecule has 0 unspecified atom stereocenters. The maximum Gasteiger partial charge on any atom is 0.177 e. The lowest BCUT2D eigenvalue weighted by atomic mass is 10.0. The zero-order valence-electron chi connectivity index (χ0n) is 14.9. The number of anilines is 1.